The summed E-state index contributed by atoms with van der Waals surface area (Å²) in [6.45, 7) is 8.29. The molecule has 0 radical (unpaired) electrons. The van der Waals surface area contributed by atoms with Crippen molar-refractivity contribution in [1.29, 1.82) is 0 Å². The fourth-order valence-electron chi connectivity index (χ4n) is 3.81. The zero-order valence-electron chi connectivity index (χ0n) is 15.3. The van der Waals surface area contributed by atoms with Crippen molar-refractivity contribution in [3.63, 3.8) is 0 Å². The predicted octanol–water partition coefficient (Wildman–Crippen LogP) is 8.98. The van der Waals surface area contributed by atoms with E-state index in [1.54, 1.807) is 0 Å². The predicted molar refractivity (Wildman–Crippen MR) is 130 cm³/mol. The molecule has 0 unspecified atom stereocenters. The van der Waals surface area contributed by atoms with Crippen LogP contribution in [0, 0.1) is 0 Å². The van der Waals surface area contributed by atoms with Gasteiger partial charge in [-0.25, -0.2) is 0 Å². The van der Waals surface area contributed by atoms with Gasteiger partial charge in [0.2, 0.25) is 0 Å². The molecule has 0 N–H and O–H groups in total. The van der Waals surface area contributed by atoms with E-state index in [2.05, 4.69) is 106 Å². The summed E-state index contributed by atoms with van der Waals surface area (Å²) in [5, 5.41) is 2.39. The maximum atomic E-state index is 4.14. The van der Waals surface area contributed by atoms with Crippen molar-refractivity contribution in [3.8, 4) is 22.3 Å². The quantitative estimate of drug-likeness (QED) is 0.268. The highest BCUT2D eigenvalue weighted by atomic mass is 79.9. The topological polar surface area (TPSA) is 0 Å². The molecule has 0 saturated carbocycles. The molecule has 0 nitrogen and oxygen atoms in total. The first-order valence-corrected chi connectivity index (χ1v) is 10.6. The summed E-state index contributed by atoms with van der Waals surface area (Å²) >= 11 is 7.47. The van der Waals surface area contributed by atoms with Crippen LogP contribution in [0.25, 0.3) is 45.2 Å². The Bertz CT molecular complexity index is 1120. The first kappa shape index (κ1) is 18.9. The van der Waals surface area contributed by atoms with Crippen LogP contribution in [0.5, 0.6) is 0 Å². The van der Waals surface area contributed by atoms with E-state index in [1.165, 1.54) is 21.9 Å². The molecule has 0 atom stereocenters. The molecular weight excluding hydrogens is 472 g/mol. The van der Waals surface area contributed by atoms with Gasteiger partial charge in [0.05, 0.1) is 0 Å². The number of fused-ring (bicyclic) bond motifs is 1. The van der Waals surface area contributed by atoms with Crippen molar-refractivity contribution in [2.24, 2.45) is 0 Å². The minimum Gasteiger partial charge on any atom is -0.0984 e. The van der Waals surface area contributed by atoms with Crippen LogP contribution < -0.4 is 0 Å². The lowest BCUT2D eigenvalue weighted by molar-refractivity contribution is 1.55. The molecule has 0 fully saturated rings. The molecule has 0 bridgehead atoms. The second-order valence-corrected chi connectivity index (χ2v) is 8.20. The summed E-state index contributed by atoms with van der Waals surface area (Å²) in [6, 6.07) is 25.2. The summed E-state index contributed by atoms with van der Waals surface area (Å²) in [5.41, 5.74) is 6.82. The van der Waals surface area contributed by atoms with Gasteiger partial charge >= 0.3 is 0 Å². The van der Waals surface area contributed by atoms with E-state index in [1.807, 2.05) is 24.3 Å². The summed E-state index contributed by atoms with van der Waals surface area (Å²) in [7, 11) is 0. The van der Waals surface area contributed by atoms with Crippen molar-refractivity contribution in [3.05, 3.63) is 106 Å². The third-order valence-corrected chi connectivity index (χ3v) is 6.37. The molecular formula is C26H18Br2. The zero-order valence-corrected chi connectivity index (χ0v) is 18.4. The van der Waals surface area contributed by atoms with E-state index in [0.29, 0.717) is 0 Å². The lowest BCUT2D eigenvalue weighted by atomic mass is 9.83. The highest BCUT2D eigenvalue weighted by molar-refractivity contribution is 9.11. The van der Waals surface area contributed by atoms with Crippen LogP contribution in [-0.2, 0) is 0 Å². The first-order valence-electron chi connectivity index (χ1n) is 9.00. The van der Waals surface area contributed by atoms with Crippen molar-refractivity contribution in [2.45, 2.75) is 0 Å². The van der Waals surface area contributed by atoms with E-state index < -0.39 is 0 Å². The number of halogens is 2. The SMILES string of the molecule is C=Cc1c(C=C)c(-c2ccccc2Br)c2ccccc2c1-c1ccccc1Br. The van der Waals surface area contributed by atoms with Crippen molar-refractivity contribution < 1.29 is 0 Å². The minimum absolute atomic E-state index is 1.06. The molecule has 136 valence electrons. The summed E-state index contributed by atoms with van der Waals surface area (Å²) < 4.78 is 2.12. The van der Waals surface area contributed by atoms with E-state index >= 15 is 0 Å². The molecule has 0 amide bonds. The van der Waals surface area contributed by atoms with Crippen molar-refractivity contribution >= 4 is 54.8 Å². The monoisotopic (exact) mass is 488 g/mol. The van der Waals surface area contributed by atoms with Crippen molar-refractivity contribution in [1.82, 2.24) is 0 Å². The lowest BCUT2D eigenvalue weighted by Crippen LogP contribution is -1.96. The van der Waals surface area contributed by atoms with Gasteiger partial charge in [-0.15, -0.1) is 0 Å². The third-order valence-electron chi connectivity index (χ3n) is 4.99. The van der Waals surface area contributed by atoms with Crippen LogP contribution in [0.15, 0.2) is 94.9 Å². The molecule has 0 aliphatic heterocycles. The Hall–Kier alpha value is -2.42. The molecule has 4 rings (SSSR count). The van der Waals surface area contributed by atoms with E-state index in [9.17, 15) is 0 Å². The van der Waals surface area contributed by atoms with Crippen molar-refractivity contribution in [2.75, 3.05) is 0 Å². The van der Waals surface area contributed by atoms with Crippen LogP contribution in [0.4, 0.5) is 0 Å². The number of rotatable bonds is 4. The minimum atomic E-state index is 1.06. The number of benzene rings is 4. The normalized spacial score (nSPS) is 10.8. The standard InChI is InChI=1S/C26H18Br2/c1-3-17-18(4-2)26(22-14-8-10-16-24(22)28)20-12-6-5-11-19(20)25(17)21-13-7-9-15-23(21)27/h3-16H,1-2H2. The van der Waals surface area contributed by atoms with Crippen LogP contribution >= 0.6 is 31.9 Å². The second-order valence-electron chi connectivity index (χ2n) is 6.49. The molecule has 0 aromatic heterocycles. The van der Waals surface area contributed by atoms with Gasteiger partial charge in [0, 0.05) is 8.95 Å². The summed E-state index contributed by atoms with van der Waals surface area (Å²) in [4.78, 5) is 0. The van der Waals surface area contributed by atoms with E-state index in [-0.39, 0.29) is 0 Å². The van der Waals surface area contributed by atoms with Gasteiger partial charge in [-0.1, -0.05) is 118 Å². The first-order chi connectivity index (χ1) is 13.7. The fraction of sp³-hybridized carbons (Fsp3) is 0. The largest absolute Gasteiger partial charge is 0.0984 e. The fourth-order valence-corrected chi connectivity index (χ4v) is 4.78. The molecule has 4 aromatic rings. The Morgan fingerprint density at radius 1 is 0.536 bits per heavy atom. The number of hydrogen-bond donors (Lipinski definition) is 0. The van der Waals surface area contributed by atoms with Crippen LogP contribution in [0.3, 0.4) is 0 Å². The highest BCUT2D eigenvalue weighted by Gasteiger charge is 2.20. The highest BCUT2D eigenvalue weighted by Crippen LogP contribution is 2.45. The average molecular weight is 490 g/mol. The third kappa shape index (κ3) is 3.07. The maximum absolute atomic E-state index is 4.14. The summed E-state index contributed by atoms with van der Waals surface area (Å²) in [6.07, 6.45) is 3.89. The molecule has 0 aliphatic carbocycles. The average Bonchev–Trinajstić information content (AvgIpc) is 2.73. The Morgan fingerprint density at radius 2 is 0.893 bits per heavy atom. The van der Waals surface area contributed by atoms with Gasteiger partial charge in [-0.05, 0) is 56.3 Å². The van der Waals surface area contributed by atoms with Gasteiger partial charge < -0.3 is 0 Å². The number of hydrogen-bond acceptors (Lipinski definition) is 0. The van der Waals surface area contributed by atoms with E-state index in [4.69, 9.17) is 0 Å². The lowest BCUT2D eigenvalue weighted by Gasteiger charge is -2.21. The Balaban J connectivity index is 2.25. The molecule has 0 saturated heterocycles. The van der Waals surface area contributed by atoms with Crippen LogP contribution in [-0.4, -0.2) is 0 Å². The van der Waals surface area contributed by atoms with Gasteiger partial charge in [-0.2, -0.15) is 0 Å². The van der Waals surface area contributed by atoms with Gasteiger partial charge in [0.1, 0.15) is 0 Å². The molecule has 4 aromatic carbocycles. The Morgan fingerprint density at radius 3 is 1.25 bits per heavy atom. The van der Waals surface area contributed by atoms with E-state index in [0.717, 1.165) is 31.2 Å². The van der Waals surface area contributed by atoms with Gasteiger partial charge in [0.15, 0.2) is 0 Å². The van der Waals surface area contributed by atoms with Crippen LogP contribution in [0.2, 0.25) is 0 Å². The second kappa shape index (κ2) is 7.90. The molecule has 28 heavy (non-hydrogen) atoms. The van der Waals surface area contributed by atoms with Gasteiger partial charge in [0.25, 0.3) is 0 Å². The van der Waals surface area contributed by atoms with Crippen LogP contribution in [0.1, 0.15) is 11.1 Å². The molecule has 2 heteroatoms. The molecule has 0 aliphatic rings. The Labute approximate surface area is 182 Å². The smallest absolute Gasteiger partial charge is 0.0254 e. The summed E-state index contributed by atoms with van der Waals surface area (Å²) in [5.74, 6) is 0. The molecule has 0 spiro atoms. The Kier molecular flexibility index (Phi) is 5.34. The zero-order chi connectivity index (χ0) is 19.7. The molecule has 0 heterocycles. The maximum Gasteiger partial charge on any atom is 0.0254 e. The van der Waals surface area contributed by atoms with Gasteiger partial charge in [-0.3, -0.25) is 0 Å².